The minimum absolute atomic E-state index is 0.367. The molecule has 6 heteroatoms. The van der Waals surface area contributed by atoms with Gasteiger partial charge in [0.25, 0.3) is 0 Å². The number of fused-ring (bicyclic) bond motifs is 2. The molecule has 120 valence electrons. The van der Waals surface area contributed by atoms with Gasteiger partial charge in [0.15, 0.2) is 10.8 Å². The average Bonchev–Trinajstić information content (AvgIpc) is 2.82. The molecule has 6 nitrogen and oxygen atoms in total. The van der Waals surface area contributed by atoms with Crippen molar-refractivity contribution in [2.75, 3.05) is 0 Å². The number of rotatable bonds is 2. The standard InChI is InChI=1S/C18H16N4O2/c1-3-14-17(11-21)15(22)24-18(14,13-7-5-4-6-8-13)23-12(2)16(17,9-19)10-20/h4-8,12,14,22H,3H2,1-2H3. The predicted molar refractivity (Wildman–Crippen MR) is 83.0 cm³/mol. The molecular formula is C18H16N4O2. The van der Waals surface area contributed by atoms with Crippen molar-refractivity contribution in [1.82, 2.24) is 0 Å². The van der Waals surface area contributed by atoms with Crippen molar-refractivity contribution in [2.24, 2.45) is 16.7 Å². The first-order valence-electron chi connectivity index (χ1n) is 7.74. The third kappa shape index (κ3) is 1.48. The first-order chi connectivity index (χ1) is 11.5. The summed E-state index contributed by atoms with van der Waals surface area (Å²) in [6.07, 6.45) is -0.471. The summed E-state index contributed by atoms with van der Waals surface area (Å²) in [5, 5.41) is 37.9. The van der Waals surface area contributed by atoms with Crippen molar-refractivity contribution >= 4 is 5.90 Å². The Bertz CT molecular complexity index is 802. The Morgan fingerprint density at radius 3 is 2.25 bits per heavy atom. The fourth-order valence-electron chi connectivity index (χ4n) is 4.15. The molecule has 2 aliphatic rings. The molecule has 1 aromatic carbocycles. The maximum atomic E-state index is 9.99. The molecule has 24 heavy (non-hydrogen) atoms. The predicted octanol–water partition coefficient (Wildman–Crippen LogP) is 2.84. The van der Waals surface area contributed by atoms with Gasteiger partial charge in [-0.05, 0) is 13.3 Å². The van der Waals surface area contributed by atoms with Crippen LogP contribution in [0, 0.1) is 56.2 Å². The van der Waals surface area contributed by atoms with Gasteiger partial charge in [0.1, 0.15) is 0 Å². The van der Waals surface area contributed by atoms with Crippen LogP contribution >= 0.6 is 0 Å². The Balaban J connectivity index is 2.35. The monoisotopic (exact) mass is 320 g/mol. The zero-order chi connectivity index (χ0) is 17.6. The Morgan fingerprint density at radius 2 is 1.75 bits per heavy atom. The van der Waals surface area contributed by atoms with Gasteiger partial charge in [-0.25, -0.2) is 0 Å². The fourth-order valence-corrected chi connectivity index (χ4v) is 4.15. The van der Waals surface area contributed by atoms with Gasteiger partial charge in [-0.15, -0.1) is 0 Å². The Labute approximate surface area is 140 Å². The number of nitrogens with one attached hydrogen (secondary N) is 1. The third-order valence-corrected chi connectivity index (χ3v) is 5.29. The molecule has 4 unspecified atom stereocenters. The highest BCUT2D eigenvalue weighted by Crippen LogP contribution is 2.66. The SMILES string of the molecule is CCC1C2(c3ccccc3)OC(=N)C1(C#N)C(C#N)(C#N)C(C)O2. The van der Waals surface area contributed by atoms with Crippen LogP contribution in [0.15, 0.2) is 30.3 Å². The van der Waals surface area contributed by atoms with Gasteiger partial charge in [0.2, 0.25) is 11.7 Å². The molecule has 1 aromatic rings. The lowest BCUT2D eigenvalue weighted by Gasteiger charge is -2.48. The zero-order valence-corrected chi connectivity index (χ0v) is 13.4. The van der Waals surface area contributed by atoms with Crippen LogP contribution in [-0.4, -0.2) is 12.0 Å². The number of hydrogen-bond donors (Lipinski definition) is 1. The summed E-state index contributed by atoms with van der Waals surface area (Å²) >= 11 is 0. The maximum absolute atomic E-state index is 9.99. The maximum Gasteiger partial charge on any atom is 0.244 e. The summed E-state index contributed by atoms with van der Waals surface area (Å²) < 4.78 is 11.9. The number of hydrogen-bond acceptors (Lipinski definition) is 6. The van der Waals surface area contributed by atoms with Gasteiger partial charge in [0, 0.05) is 5.56 Å². The molecule has 0 spiro atoms. The second kappa shape index (κ2) is 5.06. The smallest absolute Gasteiger partial charge is 0.244 e. The highest BCUT2D eigenvalue weighted by molar-refractivity contribution is 5.89. The quantitative estimate of drug-likeness (QED) is 0.900. The van der Waals surface area contributed by atoms with Crippen LogP contribution in [0.1, 0.15) is 25.8 Å². The second-order valence-corrected chi connectivity index (χ2v) is 6.14. The molecule has 0 amide bonds. The summed E-state index contributed by atoms with van der Waals surface area (Å²) in [5.41, 5.74) is -2.79. The Morgan fingerprint density at radius 1 is 1.12 bits per heavy atom. The van der Waals surface area contributed by atoms with Crippen molar-refractivity contribution < 1.29 is 9.47 Å². The van der Waals surface area contributed by atoms with Gasteiger partial charge in [-0.2, -0.15) is 15.8 Å². The van der Waals surface area contributed by atoms with Crippen LogP contribution in [-0.2, 0) is 15.3 Å². The lowest BCUT2D eigenvalue weighted by Crippen LogP contribution is -2.60. The first-order valence-corrected chi connectivity index (χ1v) is 7.74. The molecule has 0 aromatic heterocycles. The summed E-state index contributed by atoms with van der Waals surface area (Å²) in [5.74, 6) is -2.34. The van der Waals surface area contributed by atoms with Crippen LogP contribution in [0.3, 0.4) is 0 Å². The van der Waals surface area contributed by atoms with Crippen molar-refractivity contribution in [3.05, 3.63) is 35.9 Å². The molecule has 3 rings (SSSR count). The Kier molecular flexibility index (Phi) is 3.37. The summed E-state index contributed by atoms with van der Waals surface area (Å²) in [4.78, 5) is 0. The molecule has 2 aliphatic heterocycles. The molecule has 1 N–H and O–H groups in total. The number of nitriles is 3. The van der Waals surface area contributed by atoms with Gasteiger partial charge in [-0.1, -0.05) is 37.3 Å². The molecule has 4 atom stereocenters. The molecule has 0 radical (unpaired) electrons. The number of nitrogens with zero attached hydrogens (tertiary/aromatic N) is 3. The fraction of sp³-hybridized carbons (Fsp3) is 0.444. The molecule has 2 bridgehead atoms. The van der Waals surface area contributed by atoms with Crippen LogP contribution in [0.25, 0.3) is 0 Å². The van der Waals surface area contributed by atoms with E-state index in [0.717, 1.165) is 0 Å². The Hall–Kier alpha value is -2.88. The van der Waals surface area contributed by atoms with Crippen LogP contribution in [0.4, 0.5) is 0 Å². The molecule has 2 saturated heterocycles. The molecular weight excluding hydrogens is 304 g/mol. The summed E-state index contributed by atoms with van der Waals surface area (Å²) in [6, 6.07) is 15.1. The normalized spacial score (nSPS) is 36.0. The first kappa shape index (κ1) is 16.0. The van der Waals surface area contributed by atoms with E-state index in [4.69, 9.17) is 14.9 Å². The van der Waals surface area contributed by atoms with Gasteiger partial charge >= 0.3 is 0 Å². The van der Waals surface area contributed by atoms with Crippen molar-refractivity contribution in [3.8, 4) is 18.2 Å². The van der Waals surface area contributed by atoms with Crippen LogP contribution in [0.5, 0.6) is 0 Å². The van der Waals surface area contributed by atoms with Crippen molar-refractivity contribution in [1.29, 1.82) is 21.2 Å². The lowest BCUT2D eigenvalue weighted by atomic mass is 9.53. The van der Waals surface area contributed by atoms with E-state index in [1.165, 1.54) is 0 Å². The van der Waals surface area contributed by atoms with Crippen molar-refractivity contribution in [2.45, 2.75) is 32.2 Å². The van der Waals surface area contributed by atoms with E-state index in [-0.39, 0.29) is 5.90 Å². The second-order valence-electron chi connectivity index (χ2n) is 6.14. The number of ether oxygens (including phenoxy) is 2. The van der Waals surface area contributed by atoms with Gasteiger partial charge in [-0.3, -0.25) is 5.41 Å². The van der Waals surface area contributed by atoms with E-state index in [0.29, 0.717) is 12.0 Å². The highest BCUT2D eigenvalue weighted by Gasteiger charge is 2.79. The molecule has 2 heterocycles. The van der Waals surface area contributed by atoms with E-state index in [1.807, 2.05) is 49.4 Å². The summed E-state index contributed by atoms with van der Waals surface area (Å²) in [6.45, 7) is 3.43. The molecule has 0 aliphatic carbocycles. The largest absolute Gasteiger partial charge is 0.443 e. The third-order valence-electron chi connectivity index (χ3n) is 5.29. The van der Waals surface area contributed by atoms with Gasteiger partial charge < -0.3 is 9.47 Å². The van der Waals surface area contributed by atoms with Crippen LogP contribution in [0.2, 0.25) is 0 Å². The average molecular weight is 320 g/mol. The van der Waals surface area contributed by atoms with Crippen molar-refractivity contribution in [3.63, 3.8) is 0 Å². The minimum Gasteiger partial charge on any atom is -0.443 e. The van der Waals surface area contributed by atoms with E-state index in [9.17, 15) is 15.8 Å². The van der Waals surface area contributed by atoms with Gasteiger partial charge in [0.05, 0.1) is 30.2 Å². The van der Waals surface area contributed by atoms with E-state index < -0.39 is 28.6 Å². The molecule has 0 saturated carbocycles. The zero-order valence-electron chi connectivity index (χ0n) is 13.4. The van der Waals surface area contributed by atoms with E-state index in [1.54, 1.807) is 6.92 Å². The lowest BCUT2D eigenvalue weighted by molar-refractivity contribution is -0.285. The summed E-state index contributed by atoms with van der Waals surface area (Å²) in [7, 11) is 0. The highest BCUT2D eigenvalue weighted by atomic mass is 16.7. The number of benzene rings is 1. The molecule has 2 fully saturated rings. The van der Waals surface area contributed by atoms with E-state index in [2.05, 4.69) is 6.07 Å². The van der Waals surface area contributed by atoms with Crippen LogP contribution < -0.4 is 0 Å². The topological polar surface area (TPSA) is 114 Å². The van der Waals surface area contributed by atoms with E-state index >= 15 is 0 Å². The minimum atomic E-state index is -1.80.